The summed E-state index contributed by atoms with van der Waals surface area (Å²) in [5, 5.41) is 0. The summed E-state index contributed by atoms with van der Waals surface area (Å²) in [5.74, 6) is 1.84. The van der Waals surface area contributed by atoms with Crippen LogP contribution in [0, 0.1) is 0 Å². The van der Waals surface area contributed by atoms with Gasteiger partial charge in [-0.25, -0.2) is 15.0 Å². The van der Waals surface area contributed by atoms with Gasteiger partial charge in [0.1, 0.15) is 12.1 Å². The summed E-state index contributed by atoms with van der Waals surface area (Å²) in [6.45, 7) is 6.14. The van der Waals surface area contributed by atoms with Crippen molar-refractivity contribution in [3.05, 3.63) is 41.5 Å². The second-order valence-electron chi connectivity index (χ2n) is 6.91. The van der Waals surface area contributed by atoms with Gasteiger partial charge in [-0.2, -0.15) is 0 Å². The Morgan fingerprint density at radius 2 is 2.12 bits per heavy atom. The van der Waals surface area contributed by atoms with Gasteiger partial charge < -0.3 is 9.64 Å². The number of anilines is 1. The molecule has 1 unspecified atom stereocenters. The lowest BCUT2D eigenvalue weighted by atomic mass is 10.1. The smallest absolute Gasteiger partial charge is 0.213 e. The van der Waals surface area contributed by atoms with E-state index in [0.717, 1.165) is 50.5 Å². The first-order valence-corrected chi connectivity index (χ1v) is 9.06. The molecule has 0 spiro atoms. The fraction of sp³-hybridized carbons (Fsp3) is 0.526. The number of hydrogen-bond donors (Lipinski definition) is 0. The van der Waals surface area contributed by atoms with Crippen LogP contribution in [0.3, 0.4) is 0 Å². The molecule has 6 heteroatoms. The van der Waals surface area contributed by atoms with Crippen molar-refractivity contribution >= 4 is 5.82 Å². The first kappa shape index (κ1) is 16.3. The molecule has 1 fully saturated rings. The van der Waals surface area contributed by atoms with Crippen molar-refractivity contribution in [2.24, 2.45) is 0 Å². The standard InChI is InChI=1S/C19H25N5O/c1-14-11-24(19-16-6-4-7-17(16)20-13-21-19)10-9-23(14)12-15-5-3-8-18(22-15)25-2/h3,5,8,13-14H,4,6-7,9-12H2,1-2H3. The molecule has 25 heavy (non-hydrogen) atoms. The SMILES string of the molecule is COc1cccc(CN2CCN(c3ncnc4c3CCC4)CC2C)n1. The average Bonchev–Trinajstić information content (AvgIpc) is 3.12. The van der Waals surface area contributed by atoms with E-state index in [1.165, 1.54) is 17.7 Å². The maximum absolute atomic E-state index is 5.24. The molecule has 2 aliphatic rings. The molecule has 1 aliphatic heterocycles. The zero-order valence-corrected chi connectivity index (χ0v) is 15.0. The lowest BCUT2D eigenvalue weighted by molar-refractivity contribution is 0.178. The lowest BCUT2D eigenvalue weighted by Crippen LogP contribution is -2.52. The Kier molecular flexibility index (Phi) is 4.53. The molecule has 0 bridgehead atoms. The summed E-state index contributed by atoms with van der Waals surface area (Å²) >= 11 is 0. The zero-order chi connectivity index (χ0) is 17.2. The van der Waals surface area contributed by atoms with Crippen LogP contribution in [0.2, 0.25) is 0 Å². The molecule has 0 N–H and O–H groups in total. The number of ether oxygens (including phenoxy) is 1. The normalized spacial score (nSPS) is 20.6. The van der Waals surface area contributed by atoms with E-state index < -0.39 is 0 Å². The van der Waals surface area contributed by atoms with Gasteiger partial charge in [-0.05, 0) is 32.3 Å². The molecule has 132 valence electrons. The second-order valence-corrected chi connectivity index (χ2v) is 6.91. The maximum Gasteiger partial charge on any atom is 0.213 e. The predicted molar refractivity (Wildman–Crippen MR) is 96.9 cm³/mol. The molecule has 1 aliphatic carbocycles. The Hall–Kier alpha value is -2.21. The summed E-state index contributed by atoms with van der Waals surface area (Å²) in [7, 11) is 1.66. The molecule has 2 aromatic rings. The number of rotatable bonds is 4. The fourth-order valence-electron chi connectivity index (χ4n) is 3.90. The average molecular weight is 339 g/mol. The van der Waals surface area contributed by atoms with E-state index in [1.807, 2.05) is 12.1 Å². The van der Waals surface area contributed by atoms with Crippen LogP contribution in [0.25, 0.3) is 0 Å². The first-order chi connectivity index (χ1) is 12.2. The van der Waals surface area contributed by atoms with Gasteiger partial charge in [-0.15, -0.1) is 0 Å². The number of pyridine rings is 1. The summed E-state index contributed by atoms with van der Waals surface area (Å²) in [5.41, 5.74) is 3.68. The Bertz CT molecular complexity index is 750. The van der Waals surface area contributed by atoms with E-state index in [9.17, 15) is 0 Å². The first-order valence-electron chi connectivity index (χ1n) is 9.06. The van der Waals surface area contributed by atoms with Crippen molar-refractivity contribution in [2.75, 3.05) is 31.6 Å². The predicted octanol–water partition coefficient (Wildman–Crippen LogP) is 2.08. The molecule has 0 saturated carbocycles. The van der Waals surface area contributed by atoms with Crippen LogP contribution in [-0.2, 0) is 19.4 Å². The van der Waals surface area contributed by atoms with Gasteiger partial charge in [0, 0.05) is 49.5 Å². The molecular weight excluding hydrogens is 314 g/mol. The molecule has 1 saturated heterocycles. The van der Waals surface area contributed by atoms with E-state index in [1.54, 1.807) is 13.4 Å². The number of nitrogens with zero attached hydrogens (tertiary/aromatic N) is 5. The van der Waals surface area contributed by atoms with E-state index in [2.05, 4.69) is 37.7 Å². The van der Waals surface area contributed by atoms with Gasteiger partial charge in [0.05, 0.1) is 12.8 Å². The largest absolute Gasteiger partial charge is 0.481 e. The minimum Gasteiger partial charge on any atom is -0.481 e. The van der Waals surface area contributed by atoms with E-state index in [-0.39, 0.29) is 0 Å². The van der Waals surface area contributed by atoms with Gasteiger partial charge in [-0.1, -0.05) is 6.07 Å². The highest BCUT2D eigenvalue weighted by atomic mass is 16.5. The highest BCUT2D eigenvalue weighted by Crippen LogP contribution is 2.29. The molecule has 1 atom stereocenters. The van der Waals surface area contributed by atoms with E-state index in [0.29, 0.717) is 11.9 Å². The van der Waals surface area contributed by atoms with Crippen LogP contribution in [0.5, 0.6) is 5.88 Å². The maximum atomic E-state index is 5.24. The van der Waals surface area contributed by atoms with Crippen molar-refractivity contribution in [3.63, 3.8) is 0 Å². The highest BCUT2D eigenvalue weighted by molar-refractivity contribution is 5.51. The molecule has 0 aromatic carbocycles. The monoisotopic (exact) mass is 339 g/mol. The van der Waals surface area contributed by atoms with Crippen molar-refractivity contribution < 1.29 is 4.74 Å². The second kappa shape index (κ2) is 6.96. The minimum absolute atomic E-state index is 0.453. The quantitative estimate of drug-likeness (QED) is 0.850. The number of methoxy groups -OCH3 is 1. The summed E-state index contributed by atoms with van der Waals surface area (Å²) < 4.78 is 5.24. The molecular formula is C19H25N5O. The summed E-state index contributed by atoms with van der Waals surface area (Å²) in [6.07, 6.45) is 5.16. The number of hydrogen-bond acceptors (Lipinski definition) is 6. The van der Waals surface area contributed by atoms with Gasteiger partial charge in [0.2, 0.25) is 5.88 Å². The minimum atomic E-state index is 0.453. The zero-order valence-electron chi connectivity index (χ0n) is 15.0. The number of aromatic nitrogens is 3. The van der Waals surface area contributed by atoms with Gasteiger partial charge >= 0.3 is 0 Å². The highest BCUT2D eigenvalue weighted by Gasteiger charge is 2.28. The van der Waals surface area contributed by atoms with E-state index in [4.69, 9.17) is 4.74 Å². The molecule has 2 aromatic heterocycles. The van der Waals surface area contributed by atoms with E-state index >= 15 is 0 Å². The third-order valence-corrected chi connectivity index (χ3v) is 5.27. The third kappa shape index (κ3) is 3.31. The van der Waals surface area contributed by atoms with Crippen molar-refractivity contribution in [3.8, 4) is 5.88 Å². The topological polar surface area (TPSA) is 54.4 Å². The summed E-state index contributed by atoms with van der Waals surface area (Å²) in [6, 6.07) is 6.42. The van der Waals surface area contributed by atoms with Crippen LogP contribution in [0.1, 0.15) is 30.3 Å². The fourth-order valence-corrected chi connectivity index (χ4v) is 3.90. The molecule has 3 heterocycles. The van der Waals surface area contributed by atoms with Gasteiger partial charge in [-0.3, -0.25) is 4.90 Å². The molecule has 0 radical (unpaired) electrons. The van der Waals surface area contributed by atoms with Gasteiger partial charge in [0.15, 0.2) is 0 Å². The lowest BCUT2D eigenvalue weighted by Gasteiger charge is -2.40. The number of piperazine rings is 1. The van der Waals surface area contributed by atoms with Crippen LogP contribution in [0.15, 0.2) is 24.5 Å². The van der Waals surface area contributed by atoms with Gasteiger partial charge in [0.25, 0.3) is 0 Å². The van der Waals surface area contributed by atoms with Crippen LogP contribution in [-0.4, -0.2) is 52.6 Å². The third-order valence-electron chi connectivity index (χ3n) is 5.27. The Balaban J connectivity index is 1.45. The summed E-state index contributed by atoms with van der Waals surface area (Å²) in [4.78, 5) is 18.5. The van der Waals surface area contributed by atoms with Crippen molar-refractivity contribution in [1.82, 2.24) is 19.9 Å². The van der Waals surface area contributed by atoms with Crippen molar-refractivity contribution in [1.29, 1.82) is 0 Å². The van der Waals surface area contributed by atoms with Crippen LogP contribution < -0.4 is 9.64 Å². The molecule has 0 amide bonds. The number of aryl methyl sites for hydroxylation is 1. The Morgan fingerprint density at radius 1 is 1.20 bits per heavy atom. The number of fused-ring (bicyclic) bond motifs is 1. The Morgan fingerprint density at radius 3 is 2.96 bits per heavy atom. The van der Waals surface area contributed by atoms with Crippen LogP contribution >= 0.6 is 0 Å². The van der Waals surface area contributed by atoms with Crippen LogP contribution in [0.4, 0.5) is 5.82 Å². The Labute approximate surface area is 148 Å². The molecule has 6 nitrogen and oxygen atoms in total. The van der Waals surface area contributed by atoms with Crippen molar-refractivity contribution in [2.45, 2.75) is 38.8 Å². The molecule has 4 rings (SSSR count).